The fourth-order valence-electron chi connectivity index (χ4n) is 1.91. The highest BCUT2D eigenvalue weighted by Crippen LogP contribution is 2.28. The number of hydrogen-bond acceptors (Lipinski definition) is 3. The van der Waals surface area contributed by atoms with Gasteiger partial charge in [0, 0.05) is 21.9 Å². The summed E-state index contributed by atoms with van der Waals surface area (Å²) < 4.78 is 5.33. The molecule has 0 atom stereocenters. The molecule has 0 unspecified atom stereocenters. The van der Waals surface area contributed by atoms with Crippen LogP contribution >= 0.6 is 23.4 Å². The molecule has 104 valence electrons. The largest absolute Gasteiger partial charge is 0.496 e. The van der Waals surface area contributed by atoms with Gasteiger partial charge in [0.1, 0.15) is 5.75 Å². The molecule has 2 rings (SSSR count). The molecule has 0 bridgehead atoms. The van der Waals surface area contributed by atoms with Crippen molar-refractivity contribution in [2.45, 2.75) is 32.4 Å². The molecular formula is C14H19ClN2OS. The van der Waals surface area contributed by atoms with E-state index >= 15 is 0 Å². The average molecular weight is 299 g/mol. The third-order valence-electron chi connectivity index (χ3n) is 3.09. The van der Waals surface area contributed by atoms with Crippen LogP contribution in [0.15, 0.2) is 23.2 Å². The summed E-state index contributed by atoms with van der Waals surface area (Å²) >= 11 is 7.96. The maximum Gasteiger partial charge on any atom is 0.157 e. The molecule has 1 saturated heterocycles. The number of hydrogen-bond donors (Lipinski definition) is 1. The molecule has 1 aromatic carbocycles. The molecule has 0 amide bonds. The van der Waals surface area contributed by atoms with Crippen LogP contribution in [0.1, 0.15) is 25.8 Å². The van der Waals surface area contributed by atoms with Crippen LogP contribution in [-0.4, -0.2) is 23.6 Å². The number of nitrogens with zero attached hydrogens (tertiary/aromatic N) is 1. The summed E-state index contributed by atoms with van der Waals surface area (Å²) in [5.74, 6) is 1.88. The minimum absolute atomic E-state index is 0.120. The van der Waals surface area contributed by atoms with Crippen LogP contribution in [-0.2, 0) is 6.54 Å². The molecule has 5 heteroatoms. The van der Waals surface area contributed by atoms with Crippen LogP contribution < -0.4 is 10.1 Å². The van der Waals surface area contributed by atoms with Crippen molar-refractivity contribution in [1.29, 1.82) is 0 Å². The van der Waals surface area contributed by atoms with Gasteiger partial charge in [0.25, 0.3) is 0 Å². The number of rotatable bonds is 3. The Labute approximate surface area is 123 Å². The first-order valence-corrected chi connectivity index (χ1v) is 7.65. The summed E-state index contributed by atoms with van der Waals surface area (Å²) in [6, 6.07) is 5.66. The predicted molar refractivity (Wildman–Crippen MR) is 83.4 cm³/mol. The van der Waals surface area contributed by atoms with Crippen LogP contribution in [0.3, 0.4) is 0 Å². The topological polar surface area (TPSA) is 33.6 Å². The number of aliphatic imine (C=N–C) groups is 1. The fourth-order valence-corrected chi connectivity index (χ4v) is 3.45. The zero-order valence-corrected chi connectivity index (χ0v) is 13.1. The molecule has 3 nitrogen and oxygen atoms in total. The van der Waals surface area contributed by atoms with E-state index in [1.54, 1.807) is 18.9 Å². The van der Waals surface area contributed by atoms with E-state index in [4.69, 9.17) is 16.3 Å². The lowest BCUT2D eigenvalue weighted by atomic mass is 10.0. The molecule has 19 heavy (non-hydrogen) atoms. The van der Waals surface area contributed by atoms with Gasteiger partial charge in [-0.1, -0.05) is 29.4 Å². The van der Waals surface area contributed by atoms with Crippen LogP contribution in [0.2, 0.25) is 5.02 Å². The summed E-state index contributed by atoms with van der Waals surface area (Å²) in [5.41, 5.74) is 1.05. The zero-order chi connectivity index (χ0) is 13.9. The van der Waals surface area contributed by atoms with Crippen LogP contribution in [0.5, 0.6) is 5.75 Å². The van der Waals surface area contributed by atoms with Crippen LogP contribution in [0.4, 0.5) is 0 Å². The number of halogens is 1. The highest BCUT2D eigenvalue weighted by molar-refractivity contribution is 8.13. The molecule has 0 aromatic heterocycles. The summed E-state index contributed by atoms with van der Waals surface area (Å²) in [6.07, 6.45) is 1.14. The van der Waals surface area contributed by atoms with Crippen molar-refractivity contribution in [1.82, 2.24) is 5.32 Å². The standard InChI is InChI=1S/C14H19ClN2OS/c1-14(2)7-8-19-13(17-14)16-9-10-11(15)5-4-6-12(10)18-3/h4-6H,7-9H2,1-3H3,(H,16,17). The van der Waals surface area contributed by atoms with E-state index in [1.807, 2.05) is 18.2 Å². The highest BCUT2D eigenvalue weighted by atomic mass is 35.5. The minimum atomic E-state index is 0.120. The first kappa shape index (κ1) is 14.5. The molecule has 1 fully saturated rings. The second kappa shape index (κ2) is 6.06. The maximum atomic E-state index is 6.21. The van der Waals surface area contributed by atoms with Crippen LogP contribution in [0, 0.1) is 0 Å². The molecule has 0 aliphatic carbocycles. The normalized spacial score (nSPS) is 20.1. The second-order valence-corrected chi connectivity index (χ2v) is 6.64. The summed E-state index contributed by atoms with van der Waals surface area (Å²) in [4.78, 5) is 4.62. The molecule has 1 N–H and O–H groups in total. The fraction of sp³-hybridized carbons (Fsp3) is 0.500. The van der Waals surface area contributed by atoms with Gasteiger partial charge in [-0.05, 0) is 32.4 Å². The molecular weight excluding hydrogens is 280 g/mol. The molecule has 1 aromatic rings. The number of methoxy groups -OCH3 is 1. The smallest absolute Gasteiger partial charge is 0.157 e. The minimum Gasteiger partial charge on any atom is -0.496 e. The van der Waals surface area contributed by atoms with Crippen molar-refractivity contribution in [3.63, 3.8) is 0 Å². The van der Waals surface area contributed by atoms with E-state index in [-0.39, 0.29) is 5.54 Å². The Bertz CT molecular complexity index is 488. The summed E-state index contributed by atoms with van der Waals surface area (Å²) in [5, 5.41) is 5.13. The number of amidine groups is 1. The van der Waals surface area contributed by atoms with E-state index in [2.05, 4.69) is 24.2 Å². The Balaban J connectivity index is 2.14. The monoisotopic (exact) mass is 298 g/mol. The van der Waals surface area contributed by atoms with Crippen molar-refractivity contribution >= 4 is 28.5 Å². The molecule has 0 saturated carbocycles. The number of ether oxygens (including phenoxy) is 1. The Kier molecular flexibility index (Phi) is 4.63. The van der Waals surface area contributed by atoms with Gasteiger partial charge in [-0.25, -0.2) is 0 Å². The maximum absolute atomic E-state index is 6.21. The lowest BCUT2D eigenvalue weighted by Crippen LogP contribution is -2.46. The van der Waals surface area contributed by atoms with E-state index in [9.17, 15) is 0 Å². The van der Waals surface area contributed by atoms with Crippen molar-refractivity contribution in [2.75, 3.05) is 12.9 Å². The first-order valence-electron chi connectivity index (χ1n) is 6.29. The van der Waals surface area contributed by atoms with Gasteiger partial charge in [0.15, 0.2) is 5.17 Å². The number of nitrogens with one attached hydrogen (secondary N) is 1. The number of thioether (sulfide) groups is 1. The van der Waals surface area contributed by atoms with Crippen molar-refractivity contribution in [3.8, 4) is 5.75 Å². The van der Waals surface area contributed by atoms with Gasteiger partial charge in [0.2, 0.25) is 0 Å². The average Bonchev–Trinajstić information content (AvgIpc) is 2.36. The van der Waals surface area contributed by atoms with Gasteiger partial charge in [-0.3, -0.25) is 4.99 Å². The Morgan fingerprint density at radius 3 is 2.95 bits per heavy atom. The molecule has 1 aliphatic rings. The quantitative estimate of drug-likeness (QED) is 0.923. The predicted octanol–water partition coefficient (Wildman–Crippen LogP) is 3.71. The van der Waals surface area contributed by atoms with Gasteiger partial charge in [0.05, 0.1) is 13.7 Å². The van der Waals surface area contributed by atoms with Gasteiger partial charge in [-0.2, -0.15) is 0 Å². The van der Waals surface area contributed by atoms with Gasteiger partial charge in [-0.15, -0.1) is 0 Å². The molecule has 0 spiro atoms. The van der Waals surface area contributed by atoms with Crippen molar-refractivity contribution < 1.29 is 4.74 Å². The Hall–Kier alpha value is -0.870. The summed E-state index contributed by atoms with van der Waals surface area (Å²) in [7, 11) is 1.65. The zero-order valence-electron chi connectivity index (χ0n) is 11.5. The third kappa shape index (κ3) is 3.80. The first-order chi connectivity index (χ1) is 9.02. The Morgan fingerprint density at radius 1 is 1.47 bits per heavy atom. The third-order valence-corrected chi connectivity index (χ3v) is 4.35. The molecule has 0 radical (unpaired) electrons. The Morgan fingerprint density at radius 2 is 2.26 bits per heavy atom. The number of benzene rings is 1. The molecule has 1 aliphatic heterocycles. The van der Waals surface area contributed by atoms with E-state index < -0.39 is 0 Å². The SMILES string of the molecule is COc1cccc(Cl)c1CN=C1NC(C)(C)CCS1. The summed E-state index contributed by atoms with van der Waals surface area (Å²) in [6.45, 7) is 4.92. The molecule has 1 heterocycles. The van der Waals surface area contributed by atoms with Gasteiger partial charge >= 0.3 is 0 Å². The van der Waals surface area contributed by atoms with Crippen molar-refractivity contribution in [2.24, 2.45) is 4.99 Å². The van der Waals surface area contributed by atoms with Gasteiger partial charge < -0.3 is 10.1 Å². The second-order valence-electron chi connectivity index (χ2n) is 5.15. The van der Waals surface area contributed by atoms with E-state index in [0.29, 0.717) is 11.6 Å². The van der Waals surface area contributed by atoms with Crippen LogP contribution in [0.25, 0.3) is 0 Å². The lowest BCUT2D eigenvalue weighted by molar-refractivity contribution is 0.410. The van der Waals surface area contributed by atoms with E-state index in [0.717, 1.165) is 28.7 Å². The van der Waals surface area contributed by atoms with Crippen molar-refractivity contribution in [3.05, 3.63) is 28.8 Å². The highest BCUT2D eigenvalue weighted by Gasteiger charge is 2.24. The van der Waals surface area contributed by atoms with E-state index in [1.165, 1.54) is 0 Å². The lowest BCUT2D eigenvalue weighted by Gasteiger charge is -2.32.